The number of aryl methyl sites for hydroxylation is 1. The molecule has 1 aromatic carbocycles. The highest BCUT2D eigenvalue weighted by molar-refractivity contribution is 5.90. The molecule has 0 aliphatic carbocycles. The van der Waals surface area contributed by atoms with Gasteiger partial charge in [0.1, 0.15) is 23.0 Å². The van der Waals surface area contributed by atoms with Crippen molar-refractivity contribution < 1.29 is 14.3 Å². The van der Waals surface area contributed by atoms with Gasteiger partial charge >= 0.3 is 5.97 Å². The average molecular weight is 261 g/mol. The van der Waals surface area contributed by atoms with E-state index < -0.39 is 5.97 Å². The molecule has 2 rings (SSSR count). The third kappa shape index (κ3) is 2.85. The van der Waals surface area contributed by atoms with E-state index in [1.165, 1.54) is 10.7 Å². The largest absolute Gasteiger partial charge is 0.497 e. The Balaban J connectivity index is 2.15. The Hall–Kier alpha value is -2.50. The van der Waals surface area contributed by atoms with Gasteiger partial charge in [-0.2, -0.15) is 5.10 Å². The summed E-state index contributed by atoms with van der Waals surface area (Å²) in [6.07, 6.45) is 0. The molecule has 0 unspecified atom stereocenters. The van der Waals surface area contributed by atoms with Crippen molar-refractivity contribution in [1.82, 2.24) is 9.78 Å². The van der Waals surface area contributed by atoms with Crippen molar-refractivity contribution in [1.29, 1.82) is 0 Å². The lowest BCUT2D eigenvalue weighted by molar-refractivity contribution is 0.0721. The topological polar surface area (TPSA) is 79.4 Å². The third-order valence-electron chi connectivity index (χ3n) is 2.58. The van der Waals surface area contributed by atoms with Crippen LogP contribution in [0.25, 0.3) is 0 Å². The summed E-state index contributed by atoms with van der Waals surface area (Å²) in [4.78, 5) is 12.0. The first-order valence-electron chi connectivity index (χ1n) is 5.83. The van der Waals surface area contributed by atoms with Crippen LogP contribution in [-0.4, -0.2) is 22.9 Å². The van der Waals surface area contributed by atoms with E-state index in [0.29, 0.717) is 29.6 Å². The molecule has 0 amide bonds. The molecule has 2 N–H and O–H groups in total. The van der Waals surface area contributed by atoms with Crippen LogP contribution < -0.4 is 15.2 Å². The van der Waals surface area contributed by atoms with E-state index in [-0.39, 0.29) is 0 Å². The molecule has 1 aromatic heterocycles. The third-order valence-corrected chi connectivity index (χ3v) is 2.58. The van der Waals surface area contributed by atoms with E-state index in [9.17, 15) is 4.79 Å². The Kier molecular flexibility index (Phi) is 3.70. The molecule has 100 valence electrons. The monoisotopic (exact) mass is 261 g/mol. The summed E-state index contributed by atoms with van der Waals surface area (Å²) < 4.78 is 11.8. The molecule has 2 aromatic rings. The van der Waals surface area contributed by atoms with Crippen LogP contribution in [0, 0.1) is 0 Å². The standard InChI is InChI=1S/C13H15N3O3/c1-3-16-11(8-12(14)15-16)13(17)19-10-6-4-9(18-2)5-7-10/h4-8H,3H2,1-2H3,(H2,14,15). The van der Waals surface area contributed by atoms with E-state index in [1.807, 2.05) is 6.92 Å². The molecular formula is C13H15N3O3. The van der Waals surface area contributed by atoms with Crippen molar-refractivity contribution in [2.75, 3.05) is 12.8 Å². The van der Waals surface area contributed by atoms with E-state index in [1.54, 1.807) is 31.4 Å². The number of carbonyl (C=O) groups excluding carboxylic acids is 1. The lowest BCUT2D eigenvalue weighted by atomic mass is 10.3. The lowest BCUT2D eigenvalue weighted by Crippen LogP contribution is -2.14. The van der Waals surface area contributed by atoms with E-state index in [2.05, 4.69) is 5.10 Å². The van der Waals surface area contributed by atoms with Gasteiger partial charge in [0.05, 0.1) is 7.11 Å². The van der Waals surface area contributed by atoms with Gasteiger partial charge in [-0.1, -0.05) is 0 Å². The number of hydrogen-bond donors (Lipinski definition) is 1. The van der Waals surface area contributed by atoms with Gasteiger partial charge in [-0.05, 0) is 31.2 Å². The van der Waals surface area contributed by atoms with Gasteiger partial charge in [0, 0.05) is 12.6 Å². The average Bonchev–Trinajstić information content (AvgIpc) is 2.81. The molecular weight excluding hydrogens is 246 g/mol. The molecule has 0 saturated carbocycles. The predicted molar refractivity (Wildman–Crippen MR) is 70.3 cm³/mol. The highest BCUT2D eigenvalue weighted by atomic mass is 16.5. The van der Waals surface area contributed by atoms with Crippen molar-refractivity contribution in [3.8, 4) is 11.5 Å². The fraction of sp³-hybridized carbons (Fsp3) is 0.231. The number of aromatic nitrogens is 2. The number of nitrogen functional groups attached to an aromatic ring is 1. The summed E-state index contributed by atoms with van der Waals surface area (Å²) in [7, 11) is 1.57. The lowest BCUT2D eigenvalue weighted by Gasteiger charge is -2.06. The summed E-state index contributed by atoms with van der Waals surface area (Å²) in [5.74, 6) is 0.940. The Morgan fingerprint density at radius 1 is 1.32 bits per heavy atom. The zero-order valence-electron chi connectivity index (χ0n) is 10.8. The van der Waals surface area contributed by atoms with Crippen molar-refractivity contribution in [3.63, 3.8) is 0 Å². The molecule has 1 heterocycles. The minimum atomic E-state index is -0.490. The summed E-state index contributed by atoms with van der Waals surface area (Å²) in [6, 6.07) is 8.25. The van der Waals surface area contributed by atoms with Crippen LogP contribution in [-0.2, 0) is 6.54 Å². The zero-order chi connectivity index (χ0) is 13.8. The molecule has 0 atom stereocenters. The zero-order valence-corrected chi connectivity index (χ0v) is 10.8. The summed E-state index contributed by atoms with van der Waals surface area (Å²) in [5.41, 5.74) is 5.90. The van der Waals surface area contributed by atoms with Crippen LogP contribution in [0.15, 0.2) is 30.3 Å². The highest BCUT2D eigenvalue weighted by Gasteiger charge is 2.15. The smallest absolute Gasteiger partial charge is 0.362 e. The SMILES string of the molecule is CCn1nc(N)cc1C(=O)Oc1ccc(OC)cc1. The number of carbonyl (C=O) groups is 1. The first-order chi connectivity index (χ1) is 9.13. The van der Waals surface area contributed by atoms with Gasteiger partial charge in [0.25, 0.3) is 0 Å². The van der Waals surface area contributed by atoms with E-state index in [4.69, 9.17) is 15.2 Å². The van der Waals surface area contributed by atoms with Crippen molar-refractivity contribution in [3.05, 3.63) is 36.0 Å². The number of hydrogen-bond acceptors (Lipinski definition) is 5. The predicted octanol–water partition coefficient (Wildman–Crippen LogP) is 1.71. The minimum absolute atomic E-state index is 0.295. The van der Waals surface area contributed by atoms with Crippen LogP contribution in [0.3, 0.4) is 0 Å². The second-order valence-electron chi connectivity index (χ2n) is 3.84. The number of methoxy groups -OCH3 is 1. The van der Waals surface area contributed by atoms with Gasteiger partial charge < -0.3 is 15.2 Å². The van der Waals surface area contributed by atoms with Crippen molar-refractivity contribution in [2.24, 2.45) is 0 Å². The fourth-order valence-electron chi connectivity index (χ4n) is 1.65. The maximum absolute atomic E-state index is 12.0. The van der Waals surface area contributed by atoms with Crippen LogP contribution in [0.1, 0.15) is 17.4 Å². The van der Waals surface area contributed by atoms with Crippen LogP contribution in [0.5, 0.6) is 11.5 Å². The minimum Gasteiger partial charge on any atom is -0.497 e. The molecule has 0 bridgehead atoms. The molecule has 0 aliphatic heterocycles. The molecule has 6 heteroatoms. The Morgan fingerprint density at radius 2 is 1.95 bits per heavy atom. The van der Waals surface area contributed by atoms with Crippen molar-refractivity contribution >= 4 is 11.8 Å². The van der Waals surface area contributed by atoms with Crippen LogP contribution in [0.2, 0.25) is 0 Å². The van der Waals surface area contributed by atoms with E-state index >= 15 is 0 Å². The summed E-state index contributed by atoms with van der Waals surface area (Å²) in [5, 5.41) is 3.99. The summed E-state index contributed by atoms with van der Waals surface area (Å²) >= 11 is 0. The normalized spacial score (nSPS) is 10.2. The van der Waals surface area contributed by atoms with Gasteiger partial charge in [0.2, 0.25) is 0 Å². The van der Waals surface area contributed by atoms with Crippen molar-refractivity contribution in [2.45, 2.75) is 13.5 Å². The van der Waals surface area contributed by atoms with Crippen LogP contribution in [0.4, 0.5) is 5.82 Å². The second-order valence-corrected chi connectivity index (χ2v) is 3.84. The maximum atomic E-state index is 12.0. The number of nitrogens with two attached hydrogens (primary N) is 1. The molecule has 0 aliphatic rings. The first kappa shape index (κ1) is 12.9. The van der Waals surface area contributed by atoms with Gasteiger partial charge in [0.15, 0.2) is 0 Å². The number of esters is 1. The second kappa shape index (κ2) is 5.43. The number of ether oxygens (including phenoxy) is 2. The maximum Gasteiger partial charge on any atom is 0.362 e. The Morgan fingerprint density at radius 3 is 2.53 bits per heavy atom. The molecule has 0 radical (unpaired) electrons. The number of anilines is 1. The molecule has 0 saturated heterocycles. The van der Waals surface area contributed by atoms with Gasteiger partial charge in [-0.3, -0.25) is 4.68 Å². The molecule has 19 heavy (non-hydrogen) atoms. The molecule has 6 nitrogen and oxygen atoms in total. The summed E-state index contributed by atoms with van der Waals surface area (Å²) in [6.45, 7) is 2.42. The Labute approximate surface area is 110 Å². The molecule has 0 spiro atoms. The quantitative estimate of drug-likeness (QED) is 0.669. The van der Waals surface area contributed by atoms with Gasteiger partial charge in [-0.15, -0.1) is 0 Å². The van der Waals surface area contributed by atoms with Gasteiger partial charge in [-0.25, -0.2) is 4.79 Å². The highest BCUT2D eigenvalue weighted by Crippen LogP contribution is 2.18. The first-order valence-corrected chi connectivity index (χ1v) is 5.83. The van der Waals surface area contributed by atoms with Crippen LogP contribution >= 0.6 is 0 Å². The fourth-order valence-corrected chi connectivity index (χ4v) is 1.65. The van der Waals surface area contributed by atoms with E-state index in [0.717, 1.165) is 0 Å². The number of rotatable bonds is 4. The number of benzene rings is 1. The molecule has 0 fully saturated rings. The number of nitrogens with zero attached hydrogens (tertiary/aromatic N) is 2. The Bertz CT molecular complexity index is 575.